The average Bonchev–Trinajstić information content (AvgIpc) is 3.04. The van der Waals surface area contributed by atoms with Crippen molar-refractivity contribution in [2.45, 2.75) is 17.7 Å². The van der Waals surface area contributed by atoms with Gasteiger partial charge < -0.3 is 15.0 Å². The van der Waals surface area contributed by atoms with E-state index in [1.54, 1.807) is 45.3 Å². The summed E-state index contributed by atoms with van der Waals surface area (Å²) in [5, 5.41) is 2.58. The summed E-state index contributed by atoms with van der Waals surface area (Å²) >= 11 is 11.8. The van der Waals surface area contributed by atoms with Crippen molar-refractivity contribution < 1.29 is 19.1 Å². The molecule has 0 aliphatic heterocycles. The molecule has 0 aromatic heterocycles. The second-order valence-electron chi connectivity index (χ2n) is 6.11. The molecule has 0 radical (unpaired) electrons. The molecule has 1 fully saturated rings. The fourth-order valence-electron chi connectivity index (χ4n) is 2.06. The molecule has 1 N–H and O–H groups in total. The fourth-order valence-corrected chi connectivity index (χ4v) is 2.75. The van der Waals surface area contributed by atoms with Crippen LogP contribution in [0.3, 0.4) is 0 Å². The highest BCUT2D eigenvalue weighted by molar-refractivity contribution is 6.53. The third kappa shape index (κ3) is 3.82. The summed E-state index contributed by atoms with van der Waals surface area (Å²) in [5.41, 5.74) is 0.0320. The molecule has 1 saturated carbocycles. The number of rotatable bonds is 5. The van der Waals surface area contributed by atoms with Crippen LogP contribution < -0.4 is 5.32 Å². The van der Waals surface area contributed by atoms with Crippen LogP contribution in [-0.4, -0.2) is 47.7 Å². The van der Waals surface area contributed by atoms with Crippen molar-refractivity contribution in [2.24, 2.45) is 5.41 Å². The van der Waals surface area contributed by atoms with Crippen LogP contribution >= 0.6 is 23.2 Å². The fraction of sp³-hybridized carbons (Fsp3) is 0.438. The number of anilines is 1. The Kier molecular flexibility index (Phi) is 5.11. The van der Waals surface area contributed by atoms with Gasteiger partial charge in [0.15, 0.2) is 6.61 Å². The van der Waals surface area contributed by atoms with Crippen LogP contribution in [0.4, 0.5) is 5.69 Å². The molecular formula is C16H18Cl2N2O4. The zero-order chi connectivity index (χ0) is 18.1. The lowest BCUT2D eigenvalue weighted by molar-refractivity contribution is -0.152. The molecule has 0 heterocycles. The summed E-state index contributed by atoms with van der Waals surface area (Å²) in [5.74, 6) is -1.23. The van der Waals surface area contributed by atoms with Gasteiger partial charge in [-0.1, -0.05) is 0 Å². The molecule has 0 saturated heterocycles. The second-order valence-corrected chi connectivity index (χ2v) is 7.60. The molecule has 0 spiro atoms. The highest BCUT2D eigenvalue weighted by Gasteiger charge is 2.69. The summed E-state index contributed by atoms with van der Waals surface area (Å²) < 4.78 is 3.82. The molecular weight excluding hydrogens is 355 g/mol. The van der Waals surface area contributed by atoms with Gasteiger partial charge in [-0.3, -0.25) is 14.4 Å². The monoisotopic (exact) mass is 372 g/mol. The predicted molar refractivity (Wildman–Crippen MR) is 91.2 cm³/mol. The van der Waals surface area contributed by atoms with E-state index in [0.717, 1.165) is 0 Å². The minimum atomic E-state index is -1.13. The molecule has 8 heteroatoms. The normalized spacial score (nSPS) is 20.9. The van der Waals surface area contributed by atoms with Gasteiger partial charge in [-0.2, -0.15) is 0 Å². The molecule has 2 amide bonds. The molecule has 2 rings (SSSR count). The van der Waals surface area contributed by atoms with E-state index in [-0.39, 0.29) is 5.91 Å². The number of carbonyl (C=O) groups is 3. The van der Waals surface area contributed by atoms with Gasteiger partial charge in [0.05, 0.1) is 0 Å². The zero-order valence-corrected chi connectivity index (χ0v) is 15.1. The first kappa shape index (κ1) is 18.5. The molecule has 130 valence electrons. The predicted octanol–water partition coefficient (Wildman–Crippen LogP) is 2.45. The number of halogens is 2. The van der Waals surface area contributed by atoms with Gasteiger partial charge >= 0.3 is 5.97 Å². The summed E-state index contributed by atoms with van der Waals surface area (Å²) in [6.45, 7) is 1.16. The Bertz CT molecular complexity index is 673. The van der Waals surface area contributed by atoms with Crippen molar-refractivity contribution in [2.75, 3.05) is 26.0 Å². The lowest BCUT2D eigenvalue weighted by atomic mass is 10.1. The summed E-state index contributed by atoms with van der Waals surface area (Å²) in [7, 11) is 3.31. The minimum absolute atomic E-state index is 0.134. The minimum Gasteiger partial charge on any atom is -0.455 e. The average molecular weight is 373 g/mol. The zero-order valence-electron chi connectivity index (χ0n) is 13.6. The van der Waals surface area contributed by atoms with Crippen LogP contribution in [0.1, 0.15) is 23.7 Å². The smallest absolute Gasteiger partial charge is 0.315 e. The Hall–Kier alpha value is -1.79. The van der Waals surface area contributed by atoms with E-state index in [0.29, 0.717) is 17.7 Å². The number of ether oxygens (including phenoxy) is 1. The lowest BCUT2D eigenvalue weighted by Crippen LogP contribution is -2.26. The maximum Gasteiger partial charge on any atom is 0.315 e. The van der Waals surface area contributed by atoms with Gasteiger partial charge in [0.25, 0.3) is 11.8 Å². The van der Waals surface area contributed by atoms with Gasteiger partial charge in [0.1, 0.15) is 9.75 Å². The number of amides is 2. The number of alkyl halides is 2. The Morgan fingerprint density at radius 3 is 2.21 bits per heavy atom. The van der Waals surface area contributed by atoms with Crippen molar-refractivity contribution >= 4 is 46.7 Å². The molecule has 1 aliphatic rings. The first-order valence-electron chi connectivity index (χ1n) is 7.23. The largest absolute Gasteiger partial charge is 0.455 e. The molecule has 1 aromatic rings. The summed E-state index contributed by atoms with van der Waals surface area (Å²) in [6, 6.07) is 6.40. The van der Waals surface area contributed by atoms with Crippen molar-refractivity contribution in [3.05, 3.63) is 29.8 Å². The van der Waals surface area contributed by atoms with Gasteiger partial charge in [-0.15, -0.1) is 23.2 Å². The maximum absolute atomic E-state index is 11.9. The van der Waals surface area contributed by atoms with Crippen LogP contribution in [0.15, 0.2) is 24.3 Å². The number of hydrogen-bond acceptors (Lipinski definition) is 4. The number of nitrogens with one attached hydrogen (secondary N) is 1. The van der Waals surface area contributed by atoms with Crippen molar-refractivity contribution in [3.63, 3.8) is 0 Å². The topological polar surface area (TPSA) is 75.7 Å². The first-order valence-corrected chi connectivity index (χ1v) is 7.99. The Balaban J connectivity index is 1.85. The standard InChI is InChI=1S/C16H18Cl2N2O4/c1-15(9-16(15,17)18)14(23)24-8-12(21)19-11-6-4-10(5-7-11)13(22)20(2)3/h4-7H,8-9H2,1-3H3,(H,19,21). The molecule has 0 bridgehead atoms. The van der Waals surface area contributed by atoms with E-state index in [2.05, 4.69) is 5.32 Å². The number of esters is 1. The van der Waals surface area contributed by atoms with Crippen molar-refractivity contribution in [1.82, 2.24) is 4.90 Å². The Morgan fingerprint density at radius 1 is 1.21 bits per heavy atom. The molecule has 1 unspecified atom stereocenters. The first-order chi connectivity index (χ1) is 11.1. The van der Waals surface area contributed by atoms with Crippen LogP contribution in [0.25, 0.3) is 0 Å². The van der Waals surface area contributed by atoms with Crippen LogP contribution in [0.5, 0.6) is 0 Å². The molecule has 1 aromatic carbocycles. The van der Waals surface area contributed by atoms with E-state index in [1.807, 2.05) is 0 Å². The lowest BCUT2D eigenvalue weighted by Gasteiger charge is -2.12. The Labute approximate surface area is 150 Å². The maximum atomic E-state index is 11.9. The second kappa shape index (κ2) is 6.61. The van der Waals surface area contributed by atoms with Crippen LogP contribution in [0.2, 0.25) is 0 Å². The van der Waals surface area contributed by atoms with E-state index in [9.17, 15) is 14.4 Å². The molecule has 6 nitrogen and oxygen atoms in total. The van der Waals surface area contributed by atoms with Crippen LogP contribution in [0, 0.1) is 5.41 Å². The molecule has 1 atom stereocenters. The van der Waals surface area contributed by atoms with Gasteiger partial charge in [0.2, 0.25) is 0 Å². The van der Waals surface area contributed by atoms with Crippen LogP contribution in [-0.2, 0) is 14.3 Å². The highest BCUT2D eigenvalue weighted by Crippen LogP contribution is 2.64. The number of carbonyl (C=O) groups excluding carboxylic acids is 3. The summed E-state index contributed by atoms with van der Waals surface area (Å²) in [4.78, 5) is 36.9. The van der Waals surface area contributed by atoms with E-state index in [4.69, 9.17) is 27.9 Å². The van der Waals surface area contributed by atoms with Gasteiger partial charge in [0, 0.05) is 31.8 Å². The number of nitrogens with zero attached hydrogens (tertiary/aromatic N) is 1. The van der Waals surface area contributed by atoms with E-state index < -0.39 is 28.2 Å². The SMILES string of the molecule is CN(C)C(=O)c1ccc(NC(=O)COC(=O)C2(C)CC2(Cl)Cl)cc1. The molecule has 24 heavy (non-hydrogen) atoms. The van der Waals surface area contributed by atoms with Gasteiger partial charge in [-0.25, -0.2) is 0 Å². The van der Waals surface area contributed by atoms with Gasteiger partial charge in [-0.05, 0) is 31.2 Å². The number of hydrogen-bond donors (Lipinski definition) is 1. The number of benzene rings is 1. The summed E-state index contributed by atoms with van der Waals surface area (Å²) in [6.07, 6.45) is 0.297. The third-order valence-electron chi connectivity index (χ3n) is 3.86. The quantitative estimate of drug-likeness (QED) is 0.636. The third-order valence-corrected chi connectivity index (χ3v) is 4.97. The Morgan fingerprint density at radius 2 is 1.75 bits per heavy atom. The van der Waals surface area contributed by atoms with Crippen molar-refractivity contribution in [1.29, 1.82) is 0 Å². The molecule has 1 aliphatic carbocycles. The van der Waals surface area contributed by atoms with E-state index in [1.165, 1.54) is 4.90 Å². The van der Waals surface area contributed by atoms with Crippen molar-refractivity contribution in [3.8, 4) is 0 Å². The highest BCUT2D eigenvalue weighted by atomic mass is 35.5. The van der Waals surface area contributed by atoms with E-state index >= 15 is 0 Å².